The molecule has 0 saturated carbocycles. The van der Waals surface area contributed by atoms with Gasteiger partial charge in [0, 0.05) is 15.3 Å². The Bertz CT molecular complexity index is 533. The average molecular weight is 261 g/mol. The van der Waals surface area contributed by atoms with Crippen molar-refractivity contribution in [3.8, 4) is 5.75 Å². The van der Waals surface area contributed by atoms with Crippen LogP contribution in [0.4, 0.5) is 0 Å². The molecule has 3 heteroatoms. The number of thiophene rings is 1. The van der Waals surface area contributed by atoms with E-state index < -0.39 is 0 Å². The number of benzene rings is 1. The maximum Gasteiger partial charge on any atom is 0.124 e. The summed E-state index contributed by atoms with van der Waals surface area (Å²) in [6, 6.07) is 10.1. The van der Waals surface area contributed by atoms with Crippen molar-refractivity contribution in [3.05, 3.63) is 51.2 Å². The number of nitrogens with two attached hydrogens (primary N) is 1. The van der Waals surface area contributed by atoms with Gasteiger partial charge >= 0.3 is 0 Å². The molecule has 0 aliphatic carbocycles. The first kappa shape index (κ1) is 13.1. The van der Waals surface area contributed by atoms with E-state index in [1.807, 2.05) is 31.2 Å². The third kappa shape index (κ3) is 2.57. The predicted octanol–water partition coefficient (Wildman–Crippen LogP) is 3.81. The van der Waals surface area contributed by atoms with Crippen molar-refractivity contribution in [1.82, 2.24) is 0 Å². The van der Waals surface area contributed by atoms with E-state index in [0.717, 1.165) is 11.3 Å². The van der Waals surface area contributed by atoms with E-state index in [1.165, 1.54) is 15.3 Å². The van der Waals surface area contributed by atoms with E-state index in [0.29, 0.717) is 6.61 Å². The summed E-state index contributed by atoms with van der Waals surface area (Å²) < 4.78 is 5.65. The van der Waals surface area contributed by atoms with E-state index in [1.54, 1.807) is 11.3 Å². The topological polar surface area (TPSA) is 35.2 Å². The van der Waals surface area contributed by atoms with Crippen LogP contribution in [0.25, 0.3) is 0 Å². The number of aryl methyl sites for hydroxylation is 2. The molecule has 1 atom stereocenters. The maximum absolute atomic E-state index is 6.39. The Morgan fingerprint density at radius 3 is 2.61 bits per heavy atom. The van der Waals surface area contributed by atoms with Crippen LogP contribution >= 0.6 is 11.3 Å². The molecule has 0 bridgehead atoms. The molecule has 1 aromatic carbocycles. The van der Waals surface area contributed by atoms with Crippen molar-refractivity contribution in [2.75, 3.05) is 6.61 Å². The van der Waals surface area contributed by atoms with Crippen LogP contribution in [0, 0.1) is 13.8 Å². The summed E-state index contributed by atoms with van der Waals surface area (Å²) in [5.41, 5.74) is 8.71. The summed E-state index contributed by atoms with van der Waals surface area (Å²) in [5.74, 6) is 0.887. The molecule has 0 fully saturated rings. The molecule has 1 unspecified atom stereocenters. The fourth-order valence-corrected chi connectivity index (χ4v) is 3.19. The number of ether oxygens (including phenoxy) is 1. The number of hydrogen-bond acceptors (Lipinski definition) is 3. The zero-order valence-electron chi connectivity index (χ0n) is 11.1. The first-order valence-electron chi connectivity index (χ1n) is 6.17. The van der Waals surface area contributed by atoms with Gasteiger partial charge in [-0.2, -0.15) is 0 Å². The molecule has 0 saturated heterocycles. The van der Waals surface area contributed by atoms with Gasteiger partial charge in [0.2, 0.25) is 0 Å². The van der Waals surface area contributed by atoms with Gasteiger partial charge in [-0.3, -0.25) is 0 Å². The molecular weight excluding hydrogens is 242 g/mol. The van der Waals surface area contributed by atoms with Crippen LogP contribution in [-0.4, -0.2) is 6.61 Å². The molecular formula is C15H19NOS. The Balaban J connectivity index is 2.39. The van der Waals surface area contributed by atoms with Gasteiger partial charge < -0.3 is 10.5 Å². The molecule has 0 aliphatic heterocycles. The van der Waals surface area contributed by atoms with Crippen molar-refractivity contribution < 1.29 is 4.74 Å². The van der Waals surface area contributed by atoms with Crippen molar-refractivity contribution >= 4 is 11.3 Å². The van der Waals surface area contributed by atoms with Crippen molar-refractivity contribution in [1.29, 1.82) is 0 Å². The second-order valence-corrected chi connectivity index (χ2v) is 5.64. The van der Waals surface area contributed by atoms with Crippen LogP contribution in [0.15, 0.2) is 30.3 Å². The average Bonchev–Trinajstić information content (AvgIpc) is 2.69. The molecule has 18 heavy (non-hydrogen) atoms. The Morgan fingerprint density at radius 2 is 2.00 bits per heavy atom. The SMILES string of the molecule is CCOc1ccccc1C(N)c1sc(C)cc1C. The van der Waals surface area contributed by atoms with Gasteiger partial charge in [0.25, 0.3) is 0 Å². The minimum atomic E-state index is -0.105. The number of hydrogen-bond donors (Lipinski definition) is 1. The molecule has 0 radical (unpaired) electrons. The molecule has 2 N–H and O–H groups in total. The first-order chi connectivity index (χ1) is 8.63. The third-order valence-electron chi connectivity index (χ3n) is 2.92. The zero-order valence-corrected chi connectivity index (χ0v) is 11.9. The zero-order chi connectivity index (χ0) is 13.1. The second kappa shape index (κ2) is 5.55. The molecule has 2 aromatic rings. The summed E-state index contributed by atoms with van der Waals surface area (Å²) in [5, 5.41) is 0. The fraction of sp³-hybridized carbons (Fsp3) is 0.333. The van der Waals surface area contributed by atoms with Crippen molar-refractivity contribution in [2.24, 2.45) is 5.73 Å². The van der Waals surface area contributed by atoms with E-state index >= 15 is 0 Å². The highest BCUT2D eigenvalue weighted by Crippen LogP contribution is 2.34. The minimum absolute atomic E-state index is 0.105. The molecule has 2 nitrogen and oxygen atoms in total. The van der Waals surface area contributed by atoms with Gasteiger partial charge in [-0.15, -0.1) is 11.3 Å². The summed E-state index contributed by atoms with van der Waals surface area (Å²) in [6.45, 7) is 6.87. The van der Waals surface area contributed by atoms with Crippen LogP contribution in [-0.2, 0) is 0 Å². The van der Waals surface area contributed by atoms with Gasteiger partial charge in [0.1, 0.15) is 5.75 Å². The lowest BCUT2D eigenvalue weighted by molar-refractivity contribution is 0.335. The Labute approximate surface area is 112 Å². The molecule has 0 spiro atoms. The monoisotopic (exact) mass is 261 g/mol. The first-order valence-corrected chi connectivity index (χ1v) is 6.99. The lowest BCUT2D eigenvalue weighted by Gasteiger charge is -2.16. The summed E-state index contributed by atoms with van der Waals surface area (Å²) >= 11 is 1.76. The van der Waals surface area contributed by atoms with Crippen LogP contribution in [0.3, 0.4) is 0 Å². The largest absolute Gasteiger partial charge is 0.494 e. The normalized spacial score (nSPS) is 12.4. The van der Waals surface area contributed by atoms with Crippen molar-refractivity contribution in [3.63, 3.8) is 0 Å². The molecule has 0 amide bonds. The molecule has 0 aliphatic rings. The van der Waals surface area contributed by atoms with E-state index in [4.69, 9.17) is 10.5 Å². The maximum atomic E-state index is 6.39. The Kier molecular flexibility index (Phi) is 4.04. The lowest BCUT2D eigenvalue weighted by Crippen LogP contribution is -2.13. The van der Waals surface area contributed by atoms with E-state index in [2.05, 4.69) is 19.9 Å². The van der Waals surface area contributed by atoms with E-state index in [-0.39, 0.29) is 6.04 Å². The van der Waals surface area contributed by atoms with E-state index in [9.17, 15) is 0 Å². The summed E-state index contributed by atoms with van der Waals surface area (Å²) in [6.07, 6.45) is 0. The highest BCUT2D eigenvalue weighted by Gasteiger charge is 2.17. The highest BCUT2D eigenvalue weighted by atomic mass is 32.1. The van der Waals surface area contributed by atoms with Gasteiger partial charge in [-0.25, -0.2) is 0 Å². The lowest BCUT2D eigenvalue weighted by atomic mass is 10.0. The smallest absolute Gasteiger partial charge is 0.124 e. The second-order valence-electron chi connectivity index (χ2n) is 4.35. The van der Waals surface area contributed by atoms with Crippen molar-refractivity contribution in [2.45, 2.75) is 26.8 Å². The number of para-hydroxylation sites is 1. The molecule has 1 aromatic heterocycles. The highest BCUT2D eigenvalue weighted by molar-refractivity contribution is 7.12. The van der Waals surface area contributed by atoms with Crippen LogP contribution < -0.4 is 10.5 Å². The standard InChI is InChI=1S/C15H19NOS/c1-4-17-13-8-6-5-7-12(13)14(16)15-10(2)9-11(3)18-15/h5-9,14H,4,16H2,1-3H3. The quantitative estimate of drug-likeness (QED) is 0.908. The molecule has 2 rings (SSSR count). The summed E-state index contributed by atoms with van der Waals surface area (Å²) in [7, 11) is 0. The number of rotatable bonds is 4. The molecule has 1 heterocycles. The van der Waals surface area contributed by atoms with Crippen LogP contribution in [0.2, 0.25) is 0 Å². The van der Waals surface area contributed by atoms with Gasteiger partial charge in [-0.1, -0.05) is 18.2 Å². The van der Waals surface area contributed by atoms with Gasteiger partial charge in [-0.05, 0) is 38.5 Å². The van der Waals surface area contributed by atoms with Crippen LogP contribution in [0.1, 0.15) is 33.8 Å². The van der Waals surface area contributed by atoms with Crippen LogP contribution in [0.5, 0.6) is 5.75 Å². The third-order valence-corrected chi connectivity index (χ3v) is 4.15. The predicted molar refractivity (Wildman–Crippen MR) is 77.4 cm³/mol. The fourth-order valence-electron chi connectivity index (χ4n) is 2.13. The Hall–Kier alpha value is -1.32. The summed E-state index contributed by atoms with van der Waals surface area (Å²) in [4.78, 5) is 2.52. The van der Waals surface area contributed by atoms with Gasteiger partial charge in [0.15, 0.2) is 0 Å². The Morgan fingerprint density at radius 1 is 1.28 bits per heavy atom. The minimum Gasteiger partial charge on any atom is -0.494 e. The van der Waals surface area contributed by atoms with Gasteiger partial charge in [0.05, 0.1) is 12.6 Å². The molecule has 96 valence electrons.